The standard InChI is InChI=1S/C19H12N4O6/c1-28-18(26)10-2-5-15-13(7-10)17(25)23(9-22-15)29-19(27)11-3-4-14-12(6-11)16(24)21-8-20-14/h2-9H,1H3,(H,20,21,24). The molecule has 0 spiro atoms. The molecule has 0 unspecified atom stereocenters. The molecule has 1 N–H and O–H groups in total. The van der Waals surface area contributed by atoms with Crippen LogP contribution in [-0.4, -0.2) is 38.7 Å². The number of aromatic amines is 1. The summed E-state index contributed by atoms with van der Waals surface area (Å²) in [7, 11) is 1.22. The smallest absolute Gasteiger partial charge is 0.363 e. The van der Waals surface area contributed by atoms with Gasteiger partial charge in [-0.15, -0.1) is 4.73 Å². The summed E-state index contributed by atoms with van der Waals surface area (Å²) in [6.07, 6.45) is 2.31. The number of carbonyl (C=O) groups is 2. The van der Waals surface area contributed by atoms with E-state index in [0.29, 0.717) is 15.8 Å². The summed E-state index contributed by atoms with van der Waals surface area (Å²) < 4.78 is 5.29. The Balaban J connectivity index is 1.72. The minimum atomic E-state index is -0.873. The van der Waals surface area contributed by atoms with E-state index in [0.717, 1.165) is 6.33 Å². The largest absolute Gasteiger partial charge is 0.465 e. The van der Waals surface area contributed by atoms with Crippen LogP contribution in [0.3, 0.4) is 0 Å². The summed E-state index contributed by atoms with van der Waals surface area (Å²) in [6.45, 7) is 0. The Morgan fingerprint density at radius 3 is 2.31 bits per heavy atom. The third kappa shape index (κ3) is 3.23. The maximum absolute atomic E-state index is 12.7. The van der Waals surface area contributed by atoms with Crippen molar-refractivity contribution in [1.82, 2.24) is 19.7 Å². The molecule has 2 aromatic carbocycles. The number of esters is 1. The summed E-state index contributed by atoms with van der Waals surface area (Å²) >= 11 is 0. The van der Waals surface area contributed by atoms with Crippen LogP contribution >= 0.6 is 0 Å². The van der Waals surface area contributed by atoms with Gasteiger partial charge in [0.05, 0.1) is 46.4 Å². The molecule has 0 fully saturated rings. The Bertz CT molecular complexity index is 1410. The van der Waals surface area contributed by atoms with Crippen LogP contribution in [0.5, 0.6) is 0 Å². The lowest BCUT2D eigenvalue weighted by atomic mass is 10.1. The van der Waals surface area contributed by atoms with Gasteiger partial charge < -0.3 is 14.6 Å². The fourth-order valence-corrected chi connectivity index (χ4v) is 2.75. The van der Waals surface area contributed by atoms with Gasteiger partial charge in [-0.05, 0) is 36.4 Å². The minimum Gasteiger partial charge on any atom is -0.465 e. The van der Waals surface area contributed by atoms with Crippen molar-refractivity contribution in [2.24, 2.45) is 0 Å². The number of ether oxygens (including phenoxy) is 1. The van der Waals surface area contributed by atoms with Crippen molar-refractivity contribution in [1.29, 1.82) is 0 Å². The molecular formula is C19H12N4O6. The molecule has 0 atom stereocenters. The first-order chi connectivity index (χ1) is 14.0. The van der Waals surface area contributed by atoms with Crippen molar-refractivity contribution >= 4 is 33.7 Å². The van der Waals surface area contributed by atoms with Crippen molar-refractivity contribution in [3.8, 4) is 0 Å². The topological polar surface area (TPSA) is 133 Å². The lowest BCUT2D eigenvalue weighted by Crippen LogP contribution is -2.31. The Labute approximate surface area is 161 Å². The molecule has 0 amide bonds. The van der Waals surface area contributed by atoms with Gasteiger partial charge in [0, 0.05) is 0 Å². The van der Waals surface area contributed by atoms with E-state index in [9.17, 15) is 19.2 Å². The third-order valence-electron chi connectivity index (χ3n) is 4.21. The zero-order valence-corrected chi connectivity index (χ0v) is 14.9. The normalized spacial score (nSPS) is 10.8. The number of nitrogens with zero attached hydrogens (tertiary/aromatic N) is 3. The molecule has 0 aliphatic heterocycles. The highest BCUT2D eigenvalue weighted by Gasteiger charge is 2.15. The lowest BCUT2D eigenvalue weighted by molar-refractivity contribution is 0.0439. The Kier molecular flexibility index (Phi) is 4.36. The van der Waals surface area contributed by atoms with E-state index >= 15 is 0 Å². The predicted molar refractivity (Wildman–Crippen MR) is 101 cm³/mol. The molecule has 0 bridgehead atoms. The van der Waals surface area contributed by atoms with Crippen molar-refractivity contribution in [3.63, 3.8) is 0 Å². The fraction of sp³-hybridized carbons (Fsp3) is 0.0526. The number of rotatable bonds is 3. The molecule has 2 heterocycles. The van der Waals surface area contributed by atoms with E-state index in [1.165, 1.54) is 49.8 Å². The van der Waals surface area contributed by atoms with Gasteiger partial charge in [0.25, 0.3) is 11.1 Å². The molecule has 0 radical (unpaired) electrons. The van der Waals surface area contributed by atoms with E-state index in [2.05, 4.69) is 19.7 Å². The molecule has 2 aromatic heterocycles. The number of nitrogens with one attached hydrogen (secondary N) is 1. The van der Waals surface area contributed by atoms with Crippen LogP contribution in [0.25, 0.3) is 21.8 Å². The number of carbonyl (C=O) groups excluding carboxylic acids is 2. The lowest BCUT2D eigenvalue weighted by Gasteiger charge is -2.08. The van der Waals surface area contributed by atoms with Crippen molar-refractivity contribution < 1.29 is 19.2 Å². The van der Waals surface area contributed by atoms with E-state index in [1.54, 1.807) is 0 Å². The zero-order valence-electron chi connectivity index (χ0n) is 14.9. The second-order valence-corrected chi connectivity index (χ2v) is 5.94. The Hall–Kier alpha value is -4.34. The van der Waals surface area contributed by atoms with Crippen molar-refractivity contribution in [3.05, 3.63) is 80.9 Å². The van der Waals surface area contributed by atoms with E-state index < -0.39 is 23.1 Å². The van der Waals surface area contributed by atoms with Gasteiger partial charge in [-0.2, -0.15) is 0 Å². The average Bonchev–Trinajstić information content (AvgIpc) is 2.75. The number of fused-ring (bicyclic) bond motifs is 2. The van der Waals surface area contributed by atoms with Crippen LogP contribution in [0.2, 0.25) is 0 Å². The summed E-state index contributed by atoms with van der Waals surface area (Å²) in [6, 6.07) is 8.49. The maximum atomic E-state index is 12.7. The van der Waals surface area contributed by atoms with Gasteiger partial charge >= 0.3 is 11.9 Å². The van der Waals surface area contributed by atoms with Crippen LogP contribution < -0.4 is 16.0 Å². The molecule has 144 valence electrons. The molecule has 0 aliphatic rings. The zero-order chi connectivity index (χ0) is 20.5. The highest BCUT2D eigenvalue weighted by Crippen LogP contribution is 2.12. The quantitative estimate of drug-likeness (QED) is 0.504. The van der Waals surface area contributed by atoms with Crippen LogP contribution in [0.4, 0.5) is 0 Å². The van der Waals surface area contributed by atoms with Crippen molar-refractivity contribution in [2.45, 2.75) is 0 Å². The number of benzene rings is 2. The molecule has 4 aromatic rings. The number of hydrogen-bond acceptors (Lipinski definition) is 8. The average molecular weight is 392 g/mol. The van der Waals surface area contributed by atoms with Crippen LogP contribution in [-0.2, 0) is 4.74 Å². The fourth-order valence-electron chi connectivity index (χ4n) is 2.75. The number of H-pyrrole nitrogens is 1. The summed E-state index contributed by atoms with van der Waals surface area (Å²) in [5, 5.41) is 0.274. The summed E-state index contributed by atoms with van der Waals surface area (Å²) in [4.78, 5) is 64.2. The van der Waals surface area contributed by atoms with Gasteiger partial charge in [0.2, 0.25) is 0 Å². The second-order valence-electron chi connectivity index (χ2n) is 5.94. The van der Waals surface area contributed by atoms with Gasteiger partial charge in [0.15, 0.2) is 0 Å². The molecule has 10 heteroatoms. The predicted octanol–water partition coefficient (Wildman–Crippen LogP) is 0.689. The van der Waals surface area contributed by atoms with E-state index in [4.69, 9.17) is 4.84 Å². The molecule has 10 nitrogen and oxygen atoms in total. The van der Waals surface area contributed by atoms with E-state index in [1.807, 2.05) is 0 Å². The third-order valence-corrected chi connectivity index (χ3v) is 4.21. The number of methoxy groups -OCH3 is 1. The van der Waals surface area contributed by atoms with Crippen molar-refractivity contribution in [2.75, 3.05) is 7.11 Å². The summed E-state index contributed by atoms with van der Waals surface area (Å²) in [5.74, 6) is -1.49. The van der Waals surface area contributed by atoms with Gasteiger partial charge in [-0.25, -0.2) is 19.6 Å². The second kappa shape index (κ2) is 7.00. The minimum absolute atomic E-state index is 0.0475. The number of hydrogen-bond donors (Lipinski definition) is 1. The Morgan fingerprint density at radius 1 is 0.931 bits per heavy atom. The van der Waals surface area contributed by atoms with Crippen LogP contribution in [0.15, 0.2) is 58.6 Å². The SMILES string of the molecule is COC(=O)c1ccc2ncn(OC(=O)c3ccc4nc[nH]c(=O)c4c3)c(=O)c2c1. The maximum Gasteiger partial charge on any atom is 0.363 e. The van der Waals surface area contributed by atoms with E-state index in [-0.39, 0.29) is 21.9 Å². The first-order valence-electron chi connectivity index (χ1n) is 8.28. The van der Waals surface area contributed by atoms with Gasteiger partial charge in [-0.3, -0.25) is 9.59 Å². The highest BCUT2D eigenvalue weighted by molar-refractivity contribution is 5.95. The van der Waals surface area contributed by atoms with Gasteiger partial charge in [0.1, 0.15) is 6.33 Å². The highest BCUT2D eigenvalue weighted by atomic mass is 16.7. The van der Waals surface area contributed by atoms with Gasteiger partial charge in [-0.1, -0.05) is 0 Å². The Morgan fingerprint density at radius 2 is 1.59 bits per heavy atom. The molecule has 29 heavy (non-hydrogen) atoms. The molecule has 0 saturated carbocycles. The number of aromatic nitrogens is 4. The molecular weight excluding hydrogens is 380 g/mol. The monoisotopic (exact) mass is 392 g/mol. The first kappa shape index (κ1) is 18.0. The van der Waals surface area contributed by atoms with Crippen LogP contribution in [0.1, 0.15) is 20.7 Å². The summed E-state index contributed by atoms with van der Waals surface area (Å²) in [5.41, 5.74) is -0.169. The molecule has 0 saturated heterocycles. The first-order valence-corrected chi connectivity index (χ1v) is 8.28. The molecule has 0 aliphatic carbocycles. The van der Waals surface area contributed by atoms with Crippen LogP contribution in [0, 0.1) is 0 Å². The molecule has 4 rings (SSSR count).